The van der Waals surface area contributed by atoms with E-state index in [1.165, 1.54) is 0 Å². The van der Waals surface area contributed by atoms with E-state index in [9.17, 15) is 0 Å². The third kappa shape index (κ3) is 3.90. The van der Waals surface area contributed by atoms with E-state index in [1.54, 1.807) is 0 Å². The number of thiol groups is 1. The SMILES string of the molecule is CCOP(=S)(S)N(CC)CC. The van der Waals surface area contributed by atoms with Crippen LogP contribution in [-0.2, 0) is 16.3 Å². The predicted molar refractivity (Wildman–Crippen MR) is 57.8 cm³/mol. The summed E-state index contributed by atoms with van der Waals surface area (Å²) in [5.41, 5.74) is -1.94. The first-order chi connectivity index (χ1) is 5.08. The molecule has 0 fully saturated rings. The van der Waals surface area contributed by atoms with Gasteiger partial charge in [-0.05, 0) is 18.7 Å². The van der Waals surface area contributed by atoms with Crippen molar-refractivity contribution in [2.24, 2.45) is 0 Å². The standard InChI is InChI=1S/C6H16NOPS2/c1-4-7(5-2)9(10,11)8-6-3/h4-6H2,1-3H3,(H,10,11). The summed E-state index contributed by atoms with van der Waals surface area (Å²) in [4.78, 5) is 0. The number of hydrogen-bond acceptors (Lipinski definition) is 2. The average Bonchev–Trinajstić information content (AvgIpc) is 1.89. The Labute approximate surface area is 79.6 Å². The lowest BCUT2D eigenvalue weighted by molar-refractivity contribution is 0.339. The minimum atomic E-state index is -1.94. The zero-order valence-corrected chi connectivity index (χ0v) is 9.88. The second-order valence-electron chi connectivity index (χ2n) is 2.05. The van der Waals surface area contributed by atoms with Crippen LogP contribution in [0, 0.1) is 0 Å². The van der Waals surface area contributed by atoms with Gasteiger partial charge < -0.3 is 4.52 Å². The minimum absolute atomic E-state index is 0.650. The maximum atomic E-state index is 5.39. The van der Waals surface area contributed by atoms with E-state index in [4.69, 9.17) is 16.3 Å². The first kappa shape index (κ1) is 11.9. The fourth-order valence-electron chi connectivity index (χ4n) is 0.831. The molecular weight excluding hydrogens is 197 g/mol. The average molecular weight is 213 g/mol. The van der Waals surface area contributed by atoms with Crippen molar-refractivity contribution in [2.45, 2.75) is 20.8 Å². The molecule has 0 spiro atoms. The van der Waals surface area contributed by atoms with Crippen LogP contribution in [0.4, 0.5) is 0 Å². The van der Waals surface area contributed by atoms with Gasteiger partial charge in [0.25, 0.3) is 0 Å². The van der Waals surface area contributed by atoms with E-state index >= 15 is 0 Å². The van der Waals surface area contributed by atoms with E-state index in [1.807, 2.05) is 6.92 Å². The fourth-order valence-corrected chi connectivity index (χ4v) is 4.16. The molecule has 0 bridgehead atoms. The van der Waals surface area contributed by atoms with Gasteiger partial charge in [0, 0.05) is 13.1 Å². The van der Waals surface area contributed by atoms with Crippen molar-refractivity contribution in [1.82, 2.24) is 4.67 Å². The molecule has 1 unspecified atom stereocenters. The lowest BCUT2D eigenvalue weighted by Crippen LogP contribution is -2.18. The molecule has 0 saturated carbocycles. The summed E-state index contributed by atoms with van der Waals surface area (Å²) >= 11 is 9.59. The molecule has 0 saturated heterocycles. The molecule has 0 aliphatic carbocycles. The number of rotatable bonds is 5. The van der Waals surface area contributed by atoms with Crippen molar-refractivity contribution in [1.29, 1.82) is 0 Å². The Morgan fingerprint density at radius 1 is 1.36 bits per heavy atom. The Kier molecular flexibility index (Phi) is 6.01. The van der Waals surface area contributed by atoms with Gasteiger partial charge in [-0.25, -0.2) is 4.67 Å². The van der Waals surface area contributed by atoms with Gasteiger partial charge in [-0.3, -0.25) is 0 Å². The molecule has 0 radical (unpaired) electrons. The van der Waals surface area contributed by atoms with Crippen molar-refractivity contribution in [3.63, 3.8) is 0 Å². The van der Waals surface area contributed by atoms with Gasteiger partial charge in [0.05, 0.1) is 6.61 Å². The highest BCUT2D eigenvalue weighted by Crippen LogP contribution is 2.55. The molecule has 2 nitrogen and oxygen atoms in total. The summed E-state index contributed by atoms with van der Waals surface area (Å²) in [5, 5.41) is 0. The molecule has 0 heterocycles. The molecule has 0 aromatic heterocycles. The van der Waals surface area contributed by atoms with Crippen LogP contribution in [0.5, 0.6) is 0 Å². The summed E-state index contributed by atoms with van der Waals surface area (Å²) in [5.74, 6) is 0. The van der Waals surface area contributed by atoms with Gasteiger partial charge in [-0.2, -0.15) is 0 Å². The van der Waals surface area contributed by atoms with Crippen LogP contribution < -0.4 is 0 Å². The molecule has 0 aliphatic heterocycles. The van der Waals surface area contributed by atoms with Crippen molar-refractivity contribution in [2.75, 3.05) is 19.7 Å². The van der Waals surface area contributed by atoms with Crippen LogP contribution in [0.15, 0.2) is 0 Å². The summed E-state index contributed by atoms with van der Waals surface area (Å²) in [7, 11) is 0. The molecule has 0 aliphatic rings. The third-order valence-corrected chi connectivity index (χ3v) is 5.37. The molecule has 0 aromatic carbocycles. The predicted octanol–water partition coefficient (Wildman–Crippen LogP) is 2.52. The maximum Gasteiger partial charge on any atom is 0.185 e. The zero-order chi connectivity index (χ0) is 8.91. The van der Waals surface area contributed by atoms with Crippen LogP contribution in [0.25, 0.3) is 0 Å². The van der Waals surface area contributed by atoms with Crippen LogP contribution in [0.1, 0.15) is 20.8 Å². The molecule has 0 rings (SSSR count). The van der Waals surface area contributed by atoms with Crippen molar-refractivity contribution < 1.29 is 4.52 Å². The van der Waals surface area contributed by atoms with E-state index in [2.05, 4.69) is 30.8 Å². The number of hydrogen-bond donors (Lipinski definition) is 1. The molecule has 0 amide bonds. The molecule has 11 heavy (non-hydrogen) atoms. The van der Waals surface area contributed by atoms with Gasteiger partial charge in [0.1, 0.15) is 0 Å². The van der Waals surface area contributed by atoms with E-state index in [0.29, 0.717) is 6.61 Å². The summed E-state index contributed by atoms with van der Waals surface area (Å²) in [6.45, 7) is 8.56. The summed E-state index contributed by atoms with van der Waals surface area (Å²) in [6.07, 6.45) is 0. The van der Waals surface area contributed by atoms with Gasteiger partial charge in [-0.15, -0.1) is 0 Å². The Morgan fingerprint density at radius 3 is 2.09 bits per heavy atom. The van der Waals surface area contributed by atoms with Crippen LogP contribution in [0.3, 0.4) is 0 Å². The van der Waals surface area contributed by atoms with Crippen molar-refractivity contribution >= 4 is 29.7 Å². The number of nitrogens with zero attached hydrogens (tertiary/aromatic N) is 1. The lowest BCUT2D eigenvalue weighted by Gasteiger charge is -2.27. The molecule has 68 valence electrons. The Hall–Kier alpha value is 0.920. The van der Waals surface area contributed by atoms with Crippen LogP contribution in [-0.4, -0.2) is 24.4 Å². The quantitative estimate of drug-likeness (QED) is 0.557. The van der Waals surface area contributed by atoms with Gasteiger partial charge in [-0.1, -0.05) is 26.1 Å². The zero-order valence-electron chi connectivity index (χ0n) is 7.28. The van der Waals surface area contributed by atoms with Gasteiger partial charge in [0.15, 0.2) is 5.62 Å². The summed E-state index contributed by atoms with van der Waals surface area (Å²) in [6, 6.07) is 0. The highest BCUT2D eigenvalue weighted by molar-refractivity contribution is 8.60. The molecular formula is C6H16NOPS2. The van der Waals surface area contributed by atoms with E-state index < -0.39 is 5.62 Å². The van der Waals surface area contributed by atoms with Crippen molar-refractivity contribution in [3.05, 3.63) is 0 Å². The second-order valence-corrected chi connectivity index (χ2v) is 7.78. The van der Waals surface area contributed by atoms with Crippen molar-refractivity contribution in [3.8, 4) is 0 Å². The fraction of sp³-hybridized carbons (Fsp3) is 1.00. The maximum absolute atomic E-state index is 5.39. The smallest absolute Gasteiger partial charge is 0.185 e. The van der Waals surface area contributed by atoms with Crippen LogP contribution >= 0.6 is 17.9 Å². The largest absolute Gasteiger partial charge is 0.331 e. The molecule has 1 atom stereocenters. The van der Waals surface area contributed by atoms with E-state index in [-0.39, 0.29) is 0 Å². The van der Waals surface area contributed by atoms with Gasteiger partial charge >= 0.3 is 0 Å². The molecule has 5 heteroatoms. The third-order valence-electron chi connectivity index (χ3n) is 1.38. The molecule has 0 N–H and O–H groups in total. The minimum Gasteiger partial charge on any atom is -0.331 e. The Morgan fingerprint density at radius 2 is 1.82 bits per heavy atom. The highest BCUT2D eigenvalue weighted by Gasteiger charge is 2.18. The Balaban J connectivity index is 4.13. The first-order valence-corrected chi connectivity index (χ1v) is 7.63. The lowest BCUT2D eigenvalue weighted by atomic mass is 10.7. The Bertz CT molecular complexity index is 150. The van der Waals surface area contributed by atoms with E-state index in [0.717, 1.165) is 13.1 Å². The first-order valence-electron chi connectivity index (χ1n) is 3.81. The monoisotopic (exact) mass is 213 g/mol. The second kappa shape index (κ2) is 5.55. The molecule has 0 aromatic rings. The topological polar surface area (TPSA) is 12.5 Å². The normalized spacial score (nSPS) is 16.8. The van der Waals surface area contributed by atoms with Gasteiger partial charge in [0.2, 0.25) is 0 Å². The van der Waals surface area contributed by atoms with Crippen LogP contribution in [0.2, 0.25) is 0 Å². The highest BCUT2D eigenvalue weighted by atomic mass is 32.9. The summed E-state index contributed by atoms with van der Waals surface area (Å²) < 4.78 is 7.48.